The molecule has 8 nitrogen and oxygen atoms in total. The van der Waals surface area contributed by atoms with Crippen LogP contribution in [0.1, 0.15) is 45.2 Å². The predicted molar refractivity (Wildman–Crippen MR) is 109 cm³/mol. The number of allylic oxidation sites excluding steroid dienone is 1. The van der Waals surface area contributed by atoms with Gasteiger partial charge in [0.1, 0.15) is 6.61 Å². The van der Waals surface area contributed by atoms with Gasteiger partial charge in [0, 0.05) is 31.5 Å². The van der Waals surface area contributed by atoms with Gasteiger partial charge in [0.25, 0.3) is 0 Å². The van der Waals surface area contributed by atoms with Crippen LogP contribution in [-0.2, 0) is 19.1 Å². The Hall–Kier alpha value is -2.87. The van der Waals surface area contributed by atoms with Crippen LogP contribution in [0.2, 0.25) is 0 Å². The van der Waals surface area contributed by atoms with E-state index in [1.165, 1.54) is 7.11 Å². The van der Waals surface area contributed by atoms with Crippen LogP contribution in [0.25, 0.3) is 0 Å². The second-order valence-corrected chi connectivity index (χ2v) is 6.69. The number of carbonyl (C=O) groups excluding carboxylic acids is 3. The van der Waals surface area contributed by atoms with Gasteiger partial charge >= 0.3 is 12.0 Å². The maximum Gasteiger partial charge on any atom is 0.338 e. The first-order chi connectivity index (χ1) is 13.9. The molecule has 1 heterocycles. The van der Waals surface area contributed by atoms with E-state index in [0.29, 0.717) is 35.5 Å². The van der Waals surface area contributed by atoms with Crippen LogP contribution < -0.4 is 10.6 Å². The Morgan fingerprint density at radius 2 is 2.00 bits per heavy atom. The standard InChI is InChI=1S/C21H29N3O5/c1-5-10-24-14(3)18(20(26)29-12-11-28-4)19(23-21(24)27)15-8-7-9-16(13-15)22-17(25)6-2/h7-9,13,19H,5-6,10-12H2,1-4H3,(H,22,25)(H,23,27)/t19-/m1/s1. The molecule has 158 valence electrons. The highest BCUT2D eigenvalue weighted by molar-refractivity contribution is 5.95. The first-order valence-corrected chi connectivity index (χ1v) is 9.77. The van der Waals surface area contributed by atoms with Gasteiger partial charge < -0.3 is 20.1 Å². The minimum absolute atomic E-state index is 0.116. The van der Waals surface area contributed by atoms with Crippen molar-refractivity contribution < 1.29 is 23.9 Å². The van der Waals surface area contributed by atoms with Gasteiger partial charge in [-0.1, -0.05) is 26.0 Å². The number of hydrogen-bond acceptors (Lipinski definition) is 5. The number of urea groups is 1. The summed E-state index contributed by atoms with van der Waals surface area (Å²) < 4.78 is 10.3. The number of nitrogens with zero attached hydrogens (tertiary/aromatic N) is 1. The number of methoxy groups -OCH3 is 1. The van der Waals surface area contributed by atoms with Crippen molar-refractivity contribution in [2.45, 2.75) is 39.7 Å². The second kappa shape index (κ2) is 10.6. The summed E-state index contributed by atoms with van der Waals surface area (Å²) in [6.07, 6.45) is 1.10. The number of amides is 3. The third-order valence-corrected chi connectivity index (χ3v) is 4.61. The summed E-state index contributed by atoms with van der Waals surface area (Å²) in [7, 11) is 1.53. The average molecular weight is 403 g/mol. The van der Waals surface area contributed by atoms with Gasteiger partial charge in [0.2, 0.25) is 5.91 Å². The molecular formula is C21H29N3O5. The minimum atomic E-state index is -0.677. The molecule has 2 N–H and O–H groups in total. The lowest BCUT2D eigenvalue weighted by molar-refractivity contribution is -0.141. The molecule has 0 fully saturated rings. The molecule has 0 bridgehead atoms. The lowest BCUT2D eigenvalue weighted by Gasteiger charge is -2.35. The summed E-state index contributed by atoms with van der Waals surface area (Å²) in [4.78, 5) is 38.8. The van der Waals surface area contributed by atoms with Crippen molar-refractivity contribution in [1.29, 1.82) is 0 Å². The average Bonchev–Trinajstić information content (AvgIpc) is 2.70. The molecule has 0 aliphatic carbocycles. The molecule has 0 radical (unpaired) electrons. The molecule has 3 amide bonds. The van der Waals surface area contributed by atoms with E-state index in [1.807, 2.05) is 6.92 Å². The number of carbonyl (C=O) groups is 3. The normalized spacial score (nSPS) is 16.5. The lowest BCUT2D eigenvalue weighted by Crippen LogP contribution is -2.48. The SMILES string of the molecule is CCCN1C(=O)N[C@H](c2cccc(NC(=O)CC)c2)C(C(=O)OCCOC)=C1C. The number of rotatable bonds is 9. The Kier molecular flexibility index (Phi) is 8.21. The quantitative estimate of drug-likeness (QED) is 0.488. The van der Waals surface area contributed by atoms with Crippen molar-refractivity contribution in [2.75, 3.05) is 32.2 Å². The summed E-state index contributed by atoms with van der Waals surface area (Å²) in [6, 6.07) is 6.14. The fraction of sp³-hybridized carbons (Fsp3) is 0.476. The Balaban J connectivity index is 2.42. The number of benzene rings is 1. The van der Waals surface area contributed by atoms with Gasteiger partial charge in [-0.3, -0.25) is 9.69 Å². The van der Waals surface area contributed by atoms with E-state index in [1.54, 1.807) is 43.0 Å². The first kappa shape index (κ1) is 22.4. The van der Waals surface area contributed by atoms with Crippen LogP contribution in [0.4, 0.5) is 10.5 Å². The van der Waals surface area contributed by atoms with E-state index in [-0.39, 0.29) is 25.2 Å². The maximum absolute atomic E-state index is 12.8. The fourth-order valence-corrected chi connectivity index (χ4v) is 3.13. The van der Waals surface area contributed by atoms with Crippen molar-refractivity contribution in [2.24, 2.45) is 0 Å². The van der Waals surface area contributed by atoms with Crippen molar-refractivity contribution in [3.63, 3.8) is 0 Å². The molecule has 1 aliphatic rings. The topological polar surface area (TPSA) is 97.0 Å². The number of anilines is 1. The van der Waals surface area contributed by atoms with Crippen molar-refractivity contribution in [3.8, 4) is 0 Å². The van der Waals surface area contributed by atoms with Crippen molar-refractivity contribution in [1.82, 2.24) is 10.2 Å². The highest BCUT2D eigenvalue weighted by Gasteiger charge is 2.36. The maximum atomic E-state index is 12.8. The van der Waals surface area contributed by atoms with Crippen LogP contribution in [0.5, 0.6) is 0 Å². The van der Waals surface area contributed by atoms with E-state index in [4.69, 9.17) is 9.47 Å². The zero-order valence-corrected chi connectivity index (χ0v) is 17.4. The third-order valence-electron chi connectivity index (χ3n) is 4.61. The number of ether oxygens (including phenoxy) is 2. The zero-order valence-electron chi connectivity index (χ0n) is 17.4. The summed E-state index contributed by atoms with van der Waals surface area (Å²) in [5.74, 6) is -0.622. The van der Waals surface area contributed by atoms with Crippen LogP contribution in [0.15, 0.2) is 35.5 Å². The summed E-state index contributed by atoms with van der Waals surface area (Å²) in [5, 5.41) is 5.70. The molecule has 1 aromatic carbocycles. The molecule has 1 atom stereocenters. The minimum Gasteiger partial charge on any atom is -0.460 e. The molecule has 0 unspecified atom stereocenters. The van der Waals surface area contributed by atoms with Crippen molar-refractivity contribution in [3.05, 3.63) is 41.1 Å². The molecule has 0 saturated carbocycles. The largest absolute Gasteiger partial charge is 0.460 e. The molecule has 0 aromatic heterocycles. The van der Waals surface area contributed by atoms with Crippen LogP contribution in [0.3, 0.4) is 0 Å². The molecule has 1 aliphatic heterocycles. The second-order valence-electron chi connectivity index (χ2n) is 6.69. The summed E-state index contributed by atoms with van der Waals surface area (Å²) in [5.41, 5.74) is 2.21. The molecule has 0 saturated heterocycles. The van der Waals surface area contributed by atoms with Gasteiger partial charge in [-0.05, 0) is 31.0 Å². The number of nitrogens with one attached hydrogen (secondary N) is 2. The van der Waals surface area contributed by atoms with E-state index in [0.717, 1.165) is 6.42 Å². The van der Waals surface area contributed by atoms with Crippen molar-refractivity contribution >= 4 is 23.6 Å². The van der Waals surface area contributed by atoms with E-state index >= 15 is 0 Å². The lowest BCUT2D eigenvalue weighted by atomic mass is 9.94. The van der Waals surface area contributed by atoms with Gasteiger partial charge in [0.15, 0.2) is 0 Å². The Morgan fingerprint density at radius 3 is 2.66 bits per heavy atom. The number of hydrogen-bond donors (Lipinski definition) is 2. The molecule has 0 spiro atoms. The molecule has 2 rings (SSSR count). The van der Waals surface area contributed by atoms with E-state index in [2.05, 4.69) is 10.6 Å². The molecule has 8 heteroatoms. The third kappa shape index (κ3) is 5.57. The summed E-state index contributed by atoms with van der Waals surface area (Å²) >= 11 is 0. The monoisotopic (exact) mass is 403 g/mol. The predicted octanol–water partition coefficient (Wildman–Crippen LogP) is 2.98. The molecular weight excluding hydrogens is 374 g/mol. The van der Waals surface area contributed by atoms with Crippen LogP contribution in [-0.4, -0.2) is 49.7 Å². The Bertz CT molecular complexity index is 790. The molecule has 1 aromatic rings. The van der Waals surface area contributed by atoms with E-state index < -0.39 is 12.0 Å². The van der Waals surface area contributed by atoms with E-state index in [9.17, 15) is 14.4 Å². The number of esters is 1. The highest BCUT2D eigenvalue weighted by atomic mass is 16.6. The van der Waals surface area contributed by atoms with Crippen LogP contribution in [0, 0.1) is 0 Å². The Morgan fingerprint density at radius 1 is 1.24 bits per heavy atom. The zero-order chi connectivity index (χ0) is 21.4. The van der Waals surface area contributed by atoms with Crippen LogP contribution >= 0.6 is 0 Å². The first-order valence-electron chi connectivity index (χ1n) is 9.77. The van der Waals surface area contributed by atoms with Gasteiger partial charge in [-0.2, -0.15) is 0 Å². The highest BCUT2D eigenvalue weighted by Crippen LogP contribution is 2.32. The van der Waals surface area contributed by atoms with Gasteiger partial charge in [-0.25, -0.2) is 9.59 Å². The van der Waals surface area contributed by atoms with Gasteiger partial charge in [-0.15, -0.1) is 0 Å². The molecule has 29 heavy (non-hydrogen) atoms. The summed E-state index contributed by atoms with van der Waals surface area (Å²) in [6.45, 7) is 6.37. The fourth-order valence-electron chi connectivity index (χ4n) is 3.13. The Labute approximate surface area is 171 Å². The smallest absolute Gasteiger partial charge is 0.338 e. The van der Waals surface area contributed by atoms with Gasteiger partial charge in [0.05, 0.1) is 18.2 Å².